The van der Waals surface area contributed by atoms with Crippen LogP contribution in [-0.4, -0.2) is 87.5 Å². The number of amides is 1. The van der Waals surface area contributed by atoms with Crippen molar-refractivity contribution < 1.29 is 39.8 Å². The molecule has 0 aromatic heterocycles. The van der Waals surface area contributed by atoms with Crippen molar-refractivity contribution in [3.63, 3.8) is 0 Å². The molecule has 0 bridgehead atoms. The molecule has 1 aliphatic rings. The van der Waals surface area contributed by atoms with Crippen molar-refractivity contribution in [2.75, 3.05) is 13.2 Å². The van der Waals surface area contributed by atoms with Crippen LogP contribution in [0, 0.1) is 0 Å². The SMILES string of the molecule is CCCCCCCC(O)C(COC1OC(CO)C(O)C(O)C1O)NC(=O)CCCCC. The van der Waals surface area contributed by atoms with Crippen LogP contribution in [0.1, 0.15) is 78.1 Å². The highest BCUT2D eigenvalue weighted by molar-refractivity contribution is 5.76. The molecule has 0 spiro atoms. The zero-order valence-corrected chi connectivity index (χ0v) is 19.0. The van der Waals surface area contributed by atoms with E-state index in [0.29, 0.717) is 12.8 Å². The second-order valence-electron chi connectivity index (χ2n) is 8.43. The molecule has 1 rings (SSSR count). The standard InChI is InChI=1S/C22H43NO8/c1-3-5-7-8-10-11-16(25)15(23-18(26)12-9-6-4-2)14-30-22-21(29)20(28)19(27)17(13-24)31-22/h15-17,19-22,24-25,27-29H,3-14H2,1-2H3,(H,23,26). The average Bonchev–Trinajstić information content (AvgIpc) is 2.76. The molecule has 0 aliphatic carbocycles. The van der Waals surface area contributed by atoms with Gasteiger partial charge in [0.05, 0.1) is 25.4 Å². The van der Waals surface area contributed by atoms with Crippen molar-refractivity contribution in [2.45, 2.75) is 121 Å². The number of carbonyl (C=O) groups excluding carboxylic acids is 1. The Morgan fingerprint density at radius 2 is 1.61 bits per heavy atom. The number of unbranched alkanes of at least 4 members (excludes halogenated alkanes) is 6. The summed E-state index contributed by atoms with van der Waals surface area (Å²) in [6.07, 6.45) is 1.01. The average molecular weight is 450 g/mol. The highest BCUT2D eigenvalue weighted by Crippen LogP contribution is 2.22. The Kier molecular flexibility index (Phi) is 14.5. The second-order valence-corrected chi connectivity index (χ2v) is 8.43. The minimum Gasteiger partial charge on any atom is -0.394 e. The number of rotatable bonds is 16. The quantitative estimate of drug-likeness (QED) is 0.188. The number of aliphatic hydroxyl groups is 5. The smallest absolute Gasteiger partial charge is 0.220 e. The van der Waals surface area contributed by atoms with Crippen LogP contribution < -0.4 is 5.32 Å². The van der Waals surface area contributed by atoms with Gasteiger partial charge in [0.1, 0.15) is 24.4 Å². The molecule has 9 heteroatoms. The lowest BCUT2D eigenvalue weighted by atomic mass is 9.99. The van der Waals surface area contributed by atoms with Gasteiger partial charge >= 0.3 is 0 Å². The molecule has 9 nitrogen and oxygen atoms in total. The van der Waals surface area contributed by atoms with Crippen LogP contribution >= 0.6 is 0 Å². The fourth-order valence-electron chi connectivity index (χ4n) is 3.63. The van der Waals surface area contributed by atoms with Gasteiger partial charge in [0.15, 0.2) is 6.29 Å². The van der Waals surface area contributed by atoms with Gasteiger partial charge < -0.3 is 40.3 Å². The van der Waals surface area contributed by atoms with Crippen LogP contribution in [0.2, 0.25) is 0 Å². The summed E-state index contributed by atoms with van der Waals surface area (Å²) in [7, 11) is 0. The Morgan fingerprint density at radius 3 is 2.26 bits per heavy atom. The minimum atomic E-state index is -1.54. The van der Waals surface area contributed by atoms with Crippen molar-refractivity contribution in [3.05, 3.63) is 0 Å². The largest absolute Gasteiger partial charge is 0.394 e. The van der Waals surface area contributed by atoms with Gasteiger partial charge in [-0.05, 0) is 12.8 Å². The summed E-state index contributed by atoms with van der Waals surface area (Å²) in [5.41, 5.74) is 0. The predicted octanol–water partition coefficient (Wildman–Crippen LogP) is 0.589. The monoisotopic (exact) mass is 449 g/mol. The lowest BCUT2D eigenvalue weighted by Gasteiger charge is -2.40. The summed E-state index contributed by atoms with van der Waals surface area (Å²) in [5.74, 6) is -0.180. The van der Waals surface area contributed by atoms with Crippen molar-refractivity contribution in [2.24, 2.45) is 0 Å². The Hall–Kier alpha value is -0.810. The highest BCUT2D eigenvalue weighted by atomic mass is 16.7. The summed E-state index contributed by atoms with van der Waals surface area (Å²) in [6.45, 7) is 3.49. The molecule has 184 valence electrons. The van der Waals surface area contributed by atoms with E-state index >= 15 is 0 Å². The zero-order valence-electron chi connectivity index (χ0n) is 19.0. The molecule has 1 heterocycles. The lowest BCUT2D eigenvalue weighted by Crippen LogP contribution is -2.60. The molecular weight excluding hydrogens is 406 g/mol. The summed E-state index contributed by atoms with van der Waals surface area (Å²) < 4.78 is 10.9. The first-order valence-corrected chi connectivity index (χ1v) is 11.7. The van der Waals surface area contributed by atoms with Crippen LogP contribution in [0.25, 0.3) is 0 Å². The normalized spacial score (nSPS) is 28.3. The molecule has 31 heavy (non-hydrogen) atoms. The van der Waals surface area contributed by atoms with Crippen LogP contribution in [0.3, 0.4) is 0 Å². The molecule has 0 aromatic rings. The molecule has 1 aliphatic heterocycles. The first-order chi connectivity index (χ1) is 14.8. The van der Waals surface area contributed by atoms with E-state index in [1.54, 1.807) is 0 Å². The topological polar surface area (TPSA) is 149 Å². The maximum atomic E-state index is 12.3. The fourth-order valence-corrected chi connectivity index (χ4v) is 3.63. The number of hydrogen-bond donors (Lipinski definition) is 6. The van der Waals surface area contributed by atoms with Crippen LogP contribution in [0.5, 0.6) is 0 Å². The van der Waals surface area contributed by atoms with E-state index in [1.165, 1.54) is 0 Å². The van der Waals surface area contributed by atoms with Gasteiger partial charge in [-0.15, -0.1) is 0 Å². The number of carbonyl (C=O) groups is 1. The van der Waals surface area contributed by atoms with Gasteiger partial charge in [-0.2, -0.15) is 0 Å². The van der Waals surface area contributed by atoms with Gasteiger partial charge in [-0.3, -0.25) is 4.79 Å². The second kappa shape index (κ2) is 15.9. The molecule has 1 saturated heterocycles. The third kappa shape index (κ3) is 10.1. The zero-order chi connectivity index (χ0) is 23.2. The van der Waals surface area contributed by atoms with E-state index < -0.39 is 49.5 Å². The first kappa shape index (κ1) is 28.2. The van der Waals surface area contributed by atoms with Crippen molar-refractivity contribution in [3.8, 4) is 0 Å². The van der Waals surface area contributed by atoms with E-state index in [4.69, 9.17) is 9.47 Å². The van der Waals surface area contributed by atoms with E-state index in [9.17, 15) is 30.3 Å². The van der Waals surface area contributed by atoms with E-state index in [-0.39, 0.29) is 12.5 Å². The summed E-state index contributed by atoms with van der Waals surface area (Å²) >= 11 is 0. The number of aliphatic hydroxyl groups excluding tert-OH is 5. The molecule has 1 fully saturated rings. The van der Waals surface area contributed by atoms with Gasteiger partial charge in [0.25, 0.3) is 0 Å². The Balaban J connectivity index is 2.65. The number of ether oxygens (including phenoxy) is 2. The van der Waals surface area contributed by atoms with Crippen molar-refractivity contribution in [1.29, 1.82) is 0 Å². The van der Waals surface area contributed by atoms with Crippen molar-refractivity contribution >= 4 is 5.91 Å². The van der Waals surface area contributed by atoms with Crippen LogP contribution in [-0.2, 0) is 14.3 Å². The molecule has 7 unspecified atom stereocenters. The first-order valence-electron chi connectivity index (χ1n) is 11.7. The molecule has 6 N–H and O–H groups in total. The van der Waals surface area contributed by atoms with Crippen LogP contribution in [0.15, 0.2) is 0 Å². The van der Waals surface area contributed by atoms with Crippen molar-refractivity contribution in [1.82, 2.24) is 5.32 Å². The molecular formula is C22H43NO8. The summed E-state index contributed by atoms with van der Waals surface area (Å²) in [5, 5.41) is 52.7. The predicted molar refractivity (Wildman–Crippen MR) is 115 cm³/mol. The van der Waals surface area contributed by atoms with Gasteiger partial charge in [-0.1, -0.05) is 58.8 Å². The van der Waals surface area contributed by atoms with E-state index in [1.807, 2.05) is 0 Å². The molecule has 0 radical (unpaired) electrons. The molecule has 0 aromatic carbocycles. The van der Waals surface area contributed by atoms with Gasteiger partial charge in [0.2, 0.25) is 5.91 Å². The third-order valence-corrected chi connectivity index (χ3v) is 5.71. The number of nitrogens with one attached hydrogen (secondary N) is 1. The third-order valence-electron chi connectivity index (χ3n) is 5.71. The minimum absolute atomic E-state index is 0.141. The Morgan fingerprint density at radius 1 is 0.968 bits per heavy atom. The van der Waals surface area contributed by atoms with E-state index in [0.717, 1.165) is 51.4 Å². The Labute approximate surface area is 185 Å². The number of hydrogen-bond acceptors (Lipinski definition) is 8. The van der Waals surface area contributed by atoms with E-state index in [2.05, 4.69) is 19.2 Å². The highest BCUT2D eigenvalue weighted by Gasteiger charge is 2.44. The Bertz CT molecular complexity index is 478. The maximum absolute atomic E-state index is 12.3. The molecule has 7 atom stereocenters. The fraction of sp³-hybridized carbons (Fsp3) is 0.955. The van der Waals surface area contributed by atoms with Gasteiger partial charge in [-0.25, -0.2) is 0 Å². The van der Waals surface area contributed by atoms with Crippen LogP contribution in [0.4, 0.5) is 0 Å². The summed E-state index contributed by atoms with van der Waals surface area (Å²) in [4.78, 5) is 12.3. The molecule has 1 amide bonds. The lowest BCUT2D eigenvalue weighted by molar-refractivity contribution is -0.302. The summed E-state index contributed by atoms with van der Waals surface area (Å²) in [6, 6.07) is -0.701. The molecule has 0 saturated carbocycles. The van der Waals surface area contributed by atoms with Gasteiger partial charge in [0, 0.05) is 6.42 Å². The maximum Gasteiger partial charge on any atom is 0.220 e.